The first kappa shape index (κ1) is 17.5. The number of hydrogen-bond acceptors (Lipinski definition) is 4. The molecule has 0 bridgehead atoms. The number of fused-ring (bicyclic) bond motifs is 1. The van der Waals surface area contributed by atoms with Crippen molar-refractivity contribution in [3.63, 3.8) is 0 Å². The second-order valence-electron chi connectivity index (χ2n) is 6.78. The van der Waals surface area contributed by atoms with E-state index in [-0.39, 0.29) is 11.6 Å². The van der Waals surface area contributed by atoms with Crippen molar-refractivity contribution in [1.82, 2.24) is 10.3 Å². The lowest BCUT2D eigenvalue weighted by molar-refractivity contribution is 0.0695. The number of nitrogens with one attached hydrogen (secondary N) is 2. The number of rotatable bonds is 3. The van der Waals surface area contributed by atoms with Crippen LogP contribution in [-0.4, -0.2) is 22.8 Å². The van der Waals surface area contributed by atoms with E-state index in [2.05, 4.69) is 29.5 Å². The van der Waals surface area contributed by atoms with Crippen molar-refractivity contribution >= 4 is 23.1 Å². The molecule has 1 aliphatic heterocycles. The highest BCUT2D eigenvalue weighted by Gasteiger charge is 2.34. The van der Waals surface area contributed by atoms with Gasteiger partial charge in [0.15, 0.2) is 5.11 Å². The number of hydrogen-bond donors (Lipinski definition) is 2. The number of anilines is 1. The van der Waals surface area contributed by atoms with E-state index in [1.165, 1.54) is 0 Å². The summed E-state index contributed by atoms with van der Waals surface area (Å²) in [6.07, 6.45) is 0.788. The Labute approximate surface area is 153 Å². The van der Waals surface area contributed by atoms with E-state index in [4.69, 9.17) is 21.7 Å². The van der Waals surface area contributed by atoms with Crippen LogP contribution >= 0.6 is 12.2 Å². The number of aromatic nitrogens is 1. The van der Waals surface area contributed by atoms with Gasteiger partial charge in [0.1, 0.15) is 22.9 Å². The van der Waals surface area contributed by atoms with Crippen LogP contribution in [0, 0.1) is 6.92 Å². The van der Waals surface area contributed by atoms with Crippen molar-refractivity contribution in [2.24, 2.45) is 0 Å². The Morgan fingerprint density at radius 2 is 2.12 bits per heavy atom. The number of pyridine rings is 1. The summed E-state index contributed by atoms with van der Waals surface area (Å²) in [4.78, 5) is 4.42. The molecule has 1 atom stereocenters. The average molecular weight is 357 g/mol. The zero-order valence-electron chi connectivity index (χ0n) is 14.9. The van der Waals surface area contributed by atoms with Crippen molar-refractivity contribution in [2.75, 3.05) is 12.4 Å². The lowest BCUT2D eigenvalue weighted by Gasteiger charge is -2.38. The number of ether oxygens (including phenoxy) is 2. The van der Waals surface area contributed by atoms with Gasteiger partial charge in [0, 0.05) is 17.7 Å². The molecule has 0 saturated carbocycles. The molecule has 0 saturated heterocycles. The number of thiocarbonyl (C=S) groups is 1. The quantitative estimate of drug-likeness (QED) is 0.810. The minimum absolute atomic E-state index is 0.0265. The molecular formula is C19H23N3O2S. The van der Waals surface area contributed by atoms with E-state index in [0.29, 0.717) is 5.11 Å². The minimum atomic E-state index is -0.281. The second kappa shape index (κ2) is 6.88. The number of aryl methyl sites for hydroxylation is 1. The number of nitrogens with zero attached hydrogens (tertiary/aromatic N) is 1. The first-order valence-electron chi connectivity index (χ1n) is 8.24. The van der Waals surface area contributed by atoms with Crippen molar-refractivity contribution in [3.8, 4) is 11.5 Å². The Balaban J connectivity index is 1.80. The van der Waals surface area contributed by atoms with Gasteiger partial charge in [0.25, 0.3) is 0 Å². The Kier molecular flexibility index (Phi) is 4.81. The van der Waals surface area contributed by atoms with Gasteiger partial charge in [0.2, 0.25) is 0 Å². The third-order valence-corrected chi connectivity index (χ3v) is 4.33. The predicted molar refractivity (Wildman–Crippen MR) is 103 cm³/mol. The first-order chi connectivity index (χ1) is 11.9. The Morgan fingerprint density at radius 3 is 2.84 bits per heavy atom. The maximum absolute atomic E-state index is 6.09. The normalized spacial score (nSPS) is 17.8. The molecule has 2 aromatic rings. The zero-order chi connectivity index (χ0) is 18.0. The molecule has 5 nitrogen and oxygen atoms in total. The summed E-state index contributed by atoms with van der Waals surface area (Å²) in [5.74, 6) is 2.38. The number of methoxy groups -OCH3 is 1. The summed E-state index contributed by atoms with van der Waals surface area (Å²) in [7, 11) is 1.66. The van der Waals surface area contributed by atoms with Crippen molar-refractivity contribution < 1.29 is 9.47 Å². The highest BCUT2D eigenvalue weighted by Crippen LogP contribution is 2.41. The summed E-state index contributed by atoms with van der Waals surface area (Å²) in [5.41, 5.74) is 1.70. The fourth-order valence-electron chi connectivity index (χ4n) is 3.01. The first-order valence-corrected chi connectivity index (χ1v) is 8.65. The van der Waals surface area contributed by atoms with Crippen LogP contribution < -0.4 is 20.1 Å². The predicted octanol–water partition coefficient (Wildman–Crippen LogP) is 3.99. The molecule has 3 rings (SSSR count). The van der Waals surface area contributed by atoms with Gasteiger partial charge in [-0.2, -0.15) is 0 Å². The molecule has 0 radical (unpaired) electrons. The molecule has 1 aromatic carbocycles. The maximum Gasteiger partial charge on any atom is 0.172 e. The highest BCUT2D eigenvalue weighted by atomic mass is 32.1. The lowest BCUT2D eigenvalue weighted by Crippen LogP contribution is -2.42. The van der Waals surface area contributed by atoms with Crippen LogP contribution in [0.5, 0.6) is 11.5 Å². The maximum atomic E-state index is 6.09. The minimum Gasteiger partial charge on any atom is -0.497 e. The molecule has 0 spiro atoms. The van der Waals surface area contributed by atoms with E-state index in [0.717, 1.165) is 35.0 Å². The summed E-state index contributed by atoms with van der Waals surface area (Å²) in [5, 5.41) is 7.09. The lowest BCUT2D eigenvalue weighted by atomic mass is 9.89. The summed E-state index contributed by atoms with van der Waals surface area (Å²) in [6, 6.07) is 11.7. The molecule has 2 N–H and O–H groups in total. The van der Waals surface area contributed by atoms with Crippen LogP contribution in [0.1, 0.15) is 37.6 Å². The van der Waals surface area contributed by atoms with Crippen molar-refractivity contribution in [1.29, 1.82) is 0 Å². The molecule has 0 unspecified atom stereocenters. The summed E-state index contributed by atoms with van der Waals surface area (Å²) in [6.45, 7) is 6.10. The largest absolute Gasteiger partial charge is 0.497 e. The molecule has 0 amide bonds. The monoisotopic (exact) mass is 357 g/mol. The fourth-order valence-corrected chi connectivity index (χ4v) is 3.26. The van der Waals surface area contributed by atoms with E-state index in [9.17, 15) is 0 Å². The standard InChI is InChI=1S/C19H23N3O2S/c1-12-6-5-7-17(20-12)22-18(25)21-15-11-19(2,3)24-16-9-8-13(23-4)10-14(15)16/h5-10,15H,11H2,1-4H3,(H2,20,21,22,25)/t15-/m1/s1. The molecule has 25 heavy (non-hydrogen) atoms. The topological polar surface area (TPSA) is 55.4 Å². The highest BCUT2D eigenvalue weighted by molar-refractivity contribution is 7.80. The van der Waals surface area contributed by atoms with Gasteiger partial charge in [-0.15, -0.1) is 0 Å². The second-order valence-corrected chi connectivity index (χ2v) is 7.19. The third-order valence-electron chi connectivity index (χ3n) is 4.11. The van der Waals surface area contributed by atoms with Crippen LogP contribution in [-0.2, 0) is 0 Å². The van der Waals surface area contributed by atoms with Crippen molar-refractivity contribution in [3.05, 3.63) is 47.7 Å². The smallest absolute Gasteiger partial charge is 0.172 e. The van der Waals surface area contributed by atoms with Gasteiger partial charge in [-0.25, -0.2) is 4.98 Å². The van der Waals surface area contributed by atoms with Gasteiger partial charge < -0.3 is 20.1 Å². The SMILES string of the molecule is COc1ccc2c(c1)[C@H](NC(=S)Nc1cccc(C)n1)CC(C)(C)O2. The number of benzene rings is 1. The Morgan fingerprint density at radius 1 is 1.32 bits per heavy atom. The van der Waals surface area contributed by atoms with E-state index >= 15 is 0 Å². The Hall–Kier alpha value is -2.34. The van der Waals surface area contributed by atoms with Crippen LogP contribution in [0.3, 0.4) is 0 Å². The van der Waals surface area contributed by atoms with Crippen LogP contribution in [0.25, 0.3) is 0 Å². The molecule has 0 aliphatic carbocycles. The van der Waals surface area contributed by atoms with Crippen molar-refractivity contribution in [2.45, 2.75) is 38.8 Å². The molecular weight excluding hydrogens is 334 g/mol. The average Bonchev–Trinajstić information content (AvgIpc) is 2.53. The van der Waals surface area contributed by atoms with Crippen LogP contribution in [0.4, 0.5) is 5.82 Å². The molecule has 132 valence electrons. The van der Waals surface area contributed by atoms with Crippen LogP contribution in [0.15, 0.2) is 36.4 Å². The van der Waals surface area contributed by atoms with E-state index in [1.807, 2.05) is 43.3 Å². The molecule has 6 heteroatoms. The van der Waals surface area contributed by atoms with Crippen LogP contribution in [0.2, 0.25) is 0 Å². The third kappa shape index (κ3) is 4.20. The summed E-state index contributed by atoms with van der Waals surface area (Å²) >= 11 is 5.49. The van der Waals surface area contributed by atoms with Gasteiger partial charge in [-0.05, 0) is 63.3 Å². The van der Waals surface area contributed by atoms with Gasteiger partial charge in [0.05, 0.1) is 13.2 Å². The molecule has 1 aliphatic rings. The zero-order valence-corrected chi connectivity index (χ0v) is 15.7. The van der Waals surface area contributed by atoms with Gasteiger partial charge in [-0.3, -0.25) is 0 Å². The molecule has 1 aromatic heterocycles. The summed E-state index contributed by atoms with van der Waals surface area (Å²) < 4.78 is 11.4. The fraction of sp³-hybridized carbons (Fsp3) is 0.368. The Bertz CT molecular complexity index is 792. The van der Waals surface area contributed by atoms with Gasteiger partial charge >= 0.3 is 0 Å². The molecule has 2 heterocycles. The van der Waals surface area contributed by atoms with E-state index in [1.54, 1.807) is 7.11 Å². The van der Waals surface area contributed by atoms with Gasteiger partial charge in [-0.1, -0.05) is 6.07 Å². The molecule has 0 fully saturated rings. The van der Waals surface area contributed by atoms with E-state index < -0.39 is 0 Å².